The van der Waals surface area contributed by atoms with E-state index in [4.69, 9.17) is 5.11 Å². The molecule has 0 radical (unpaired) electrons. The van der Waals surface area contributed by atoms with Gasteiger partial charge in [-0.2, -0.15) is 0 Å². The SMILES string of the molecule is CCN(CC)C(CCO)CNC. The van der Waals surface area contributed by atoms with Crippen LogP contribution in [0, 0.1) is 0 Å². The molecular formula is C9H22N2O. The predicted molar refractivity (Wildman–Crippen MR) is 52.3 cm³/mol. The Hall–Kier alpha value is -0.120. The molecule has 0 aliphatic carbocycles. The maximum Gasteiger partial charge on any atom is 0.0446 e. The number of hydrogen-bond donors (Lipinski definition) is 2. The predicted octanol–water partition coefficient (Wildman–Crippen LogP) is 0.299. The largest absolute Gasteiger partial charge is 0.396 e. The van der Waals surface area contributed by atoms with Crippen LogP contribution in [0.2, 0.25) is 0 Å². The van der Waals surface area contributed by atoms with Crippen LogP contribution in [-0.2, 0) is 0 Å². The molecule has 0 saturated carbocycles. The molecule has 0 rings (SSSR count). The normalized spacial score (nSPS) is 13.8. The summed E-state index contributed by atoms with van der Waals surface area (Å²) in [6.07, 6.45) is 0.864. The van der Waals surface area contributed by atoms with Gasteiger partial charge in [-0.05, 0) is 26.6 Å². The number of nitrogens with one attached hydrogen (secondary N) is 1. The second kappa shape index (κ2) is 7.53. The Morgan fingerprint density at radius 3 is 2.25 bits per heavy atom. The van der Waals surface area contributed by atoms with Crippen molar-refractivity contribution < 1.29 is 5.11 Å². The van der Waals surface area contributed by atoms with Gasteiger partial charge in [0.15, 0.2) is 0 Å². The summed E-state index contributed by atoms with van der Waals surface area (Å²) in [5.74, 6) is 0. The van der Waals surface area contributed by atoms with E-state index >= 15 is 0 Å². The van der Waals surface area contributed by atoms with Gasteiger partial charge in [-0.1, -0.05) is 13.8 Å². The topological polar surface area (TPSA) is 35.5 Å². The lowest BCUT2D eigenvalue weighted by Gasteiger charge is -2.28. The van der Waals surface area contributed by atoms with E-state index in [0.717, 1.165) is 26.1 Å². The van der Waals surface area contributed by atoms with Crippen LogP contribution in [0.4, 0.5) is 0 Å². The molecule has 2 N–H and O–H groups in total. The minimum Gasteiger partial charge on any atom is -0.396 e. The summed E-state index contributed by atoms with van der Waals surface area (Å²) in [5.41, 5.74) is 0. The molecular weight excluding hydrogens is 152 g/mol. The average Bonchev–Trinajstić information content (AvgIpc) is 2.07. The van der Waals surface area contributed by atoms with Crippen molar-refractivity contribution in [1.29, 1.82) is 0 Å². The summed E-state index contributed by atoms with van der Waals surface area (Å²) in [4.78, 5) is 2.37. The van der Waals surface area contributed by atoms with Gasteiger partial charge < -0.3 is 10.4 Å². The molecule has 0 aromatic rings. The molecule has 0 heterocycles. The van der Waals surface area contributed by atoms with Crippen molar-refractivity contribution in [2.24, 2.45) is 0 Å². The van der Waals surface area contributed by atoms with Gasteiger partial charge in [-0.25, -0.2) is 0 Å². The highest BCUT2D eigenvalue weighted by molar-refractivity contribution is 4.71. The number of nitrogens with zero attached hydrogens (tertiary/aromatic N) is 1. The van der Waals surface area contributed by atoms with E-state index < -0.39 is 0 Å². The number of aliphatic hydroxyl groups excluding tert-OH is 1. The molecule has 3 heteroatoms. The van der Waals surface area contributed by atoms with Gasteiger partial charge in [-0.15, -0.1) is 0 Å². The summed E-state index contributed by atoms with van der Waals surface area (Å²) in [7, 11) is 1.95. The zero-order chi connectivity index (χ0) is 9.40. The monoisotopic (exact) mass is 174 g/mol. The number of rotatable bonds is 7. The lowest BCUT2D eigenvalue weighted by molar-refractivity contribution is 0.168. The fraction of sp³-hybridized carbons (Fsp3) is 1.00. The highest BCUT2D eigenvalue weighted by Crippen LogP contribution is 2.01. The molecule has 0 aromatic carbocycles. The molecule has 0 aromatic heterocycles. The summed E-state index contributed by atoms with van der Waals surface area (Å²) in [6.45, 7) is 7.67. The lowest BCUT2D eigenvalue weighted by Crippen LogP contribution is -2.41. The third kappa shape index (κ3) is 4.04. The van der Waals surface area contributed by atoms with Crippen LogP contribution >= 0.6 is 0 Å². The molecule has 0 saturated heterocycles. The van der Waals surface area contributed by atoms with Gasteiger partial charge in [0.2, 0.25) is 0 Å². The van der Waals surface area contributed by atoms with Crippen molar-refractivity contribution in [3.63, 3.8) is 0 Å². The van der Waals surface area contributed by atoms with Crippen molar-refractivity contribution >= 4 is 0 Å². The molecule has 0 amide bonds. The van der Waals surface area contributed by atoms with E-state index in [-0.39, 0.29) is 6.61 Å². The van der Waals surface area contributed by atoms with Crippen LogP contribution in [0.15, 0.2) is 0 Å². The van der Waals surface area contributed by atoms with E-state index in [2.05, 4.69) is 24.1 Å². The first-order chi connectivity index (χ1) is 5.79. The molecule has 1 unspecified atom stereocenters. The van der Waals surface area contributed by atoms with Crippen LogP contribution in [-0.4, -0.2) is 49.3 Å². The fourth-order valence-electron chi connectivity index (χ4n) is 1.54. The van der Waals surface area contributed by atoms with Crippen LogP contribution in [0.1, 0.15) is 20.3 Å². The minimum absolute atomic E-state index is 0.281. The maximum absolute atomic E-state index is 8.85. The maximum atomic E-state index is 8.85. The van der Waals surface area contributed by atoms with E-state index in [0.29, 0.717) is 6.04 Å². The minimum atomic E-state index is 0.281. The van der Waals surface area contributed by atoms with Crippen LogP contribution in [0.3, 0.4) is 0 Å². The fourth-order valence-corrected chi connectivity index (χ4v) is 1.54. The van der Waals surface area contributed by atoms with Crippen molar-refractivity contribution in [3.8, 4) is 0 Å². The van der Waals surface area contributed by atoms with E-state index in [1.807, 2.05) is 7.05 Å². The first-order valence-corrected chi connectivity index (χ1v) is 4.79. The Morgan fingerprint density at radius 1 is 1.33 bits per heavy atom. The van der Waals surface area contributed by atoms with Crippen molar-refractivity contribution in [2.45, 2.75) is 26.3 Å². The number of hydrogen-bond acceptors (Lipinski definition) is 3. The highest BCUT2D eigenvalue weighted by atomic mass is 16.3. The third-order valence-corrected chi connectivity index (χ3v) is 2.23. The van der Waals surface area contributed by atoms with Gasteiger partial charge >= 0.3 is 0 Å². The third-order valence-electron chi connectivity index (χ3n) is 2.23. The van der Waals surface area contributed by atoms with Gasteiger partial charge in [-0.3, -0.25) is 4.90 Å². The number of aliphatic hydroxyl groups is 1. The Labute approximate surface area is 75.8 Å². The first kappa shape index (κ1) is 11.9. The Balaban J connectivity index is 3.86. The van der Waals surface area contributed by atoms with Gasteiger partial charge in [0.05, 0.1) is 0 Å². The van der Waals surface area contributed by atoms with Crippen LogP contribution in [0.25, 0.3) is 0 Å². The molecule has 0 bridgehead atoms. The van der Waals surface area contributed by atoms with E-state index in [1.54, 1.807) is 0 Å². The molecule has 3 nitrogen and oxygen atoms in total. The molecule has 1 atom stereocenters. The zero-order valence-electron chi connectivity index (χ0n) is 8.51. The summed E-state index contributed by atoms with van der Waals surface area (Å²) in [6, 6.07) is 0.481. The van der Waals surface area contributed by atoms with Crippen molar-refractivity contribution in [3.05, 3.63) is 0 Å². The molecule has 0 fully saturated rings. The second-order valence-electron chi connectivity index (χ2n) is 2.94. The molecule has 0 spiro atoms. The Bertz CT molecular complexity index is 88.5. The molecule has 0 aliphatic rings. The standard InChI is InChI=1S/C9H22N2O/c1-4-11(5-2)9(6-7-12)8-10-3/h9-10,12H,4-8H2,1-3H3. The molecule has 0 aliphatic heterocycles. The first-order valence-electron chi connectivity index (χ1n) is 4.79. The molecule has 12 heavy (non-hydrogen) atoms. The highest BCUT2D eigenvalue weighted by Gasteiger charge is 2.13. The summed E-state index contributed by atoms with van der Waals surface area (Å²) in [5, 5.41) is 12.0. The smallest absolute Gasteiger partial charge is 0.0446 e. The zero-order valence-corrected chi connectivity index (χ0v) is 8.51. The second-order valence-corrected chi connectivity index (χ2v) is 2.94. The van der Waals surface area contributed by atoms with Crippen molar-refractivity contribution in [2.75, 3.05) is 33.3 Å². The number of likely N-dealkylation sites (N-methyl/N-ethyl adjacent to an activating group) is 2. The average molecular weight is 174 g/mol. The lowest BCUT2D eigenvalue weighted by atomic mass is 10.2. The van der Waals surface area contributed by atoms with E-state index in [1.165, 1.54) is 0 Å². The van der Waals surface area contributed by atoms with Crippen LogP contribution in [0.5, 0.6) is 0 Å². The van der Waals surface area contributed by atoms with Crippen molar-refractivity contribution in [1.82, 2.24) is 10.2 Å². The molecule has 74 valence electrons. The summed E-state index contributed by atoms with van der Waals surface area (Å²) < 4.78 is 0. The Kier molecular flexibility index (Phi) is 7.45. The van der Waals surface area contributed by atoms with Gasteiger partial charge in [0, 0.05) is 19.2 Å². The summed E-state index contributed by atoms with van der Waals surface area (Å²) >= 11 is 0. The Morgan fingerprint density at radius 2 is 1.92 bits per heavy atom. The van der Waals surface area contributed by atoms with E-state index in [9.17, 15) is 0 Å². The van der Waals surface area contributed by atoms with Crippen LogP contribution < -0.4 is 5.32 Å². The quantitative estimate of drug-likeness (QED) is 0.582. The van der Waals surface area contributed by atoms with Gasteiger partial charge in [0.25, 0.3) is 0 Å². The van der Waals surface area contributed by atoms with Gasteiger partial charge in [0.1, 0.15) is 0 Å².